The highest BCUT2D eigenvalue weighted by Gasteiger charge is 2.53. The average molecular weight is 460 g/mol. The van der Waals surface area contributed by atoms with E-state index in [0.29, 0.717) is 0 Å². The Bertz CT molecular complexity index is 962. The van der Waals surface area contributed by atoms with Gasteiger partial charge in [0.2, 0.25) is 12.2 Å². The predicted octanol–water partition coefficient (Wildman–Crippen LogP) is 2.76. The van der Waals surface area contributed by atoms with Crippen molar-refractivity contribution in [2.24, 2.45) is 0 Å². The molecule has 9 heteroatoms. The molecule has 33 heavy (non-hydrogen) atoms. The summed E-state index contributed by atoms with van der Waals surface area (Å²) in [7, 11) is 0. The first kappa shape index (κ1) is 23.3. The normalized spacial score (nSPS) is 27.4. The molecule has 0 spiro atoms. The van der Waals surface area contributed by atoms with E-state index in [1.165, 1.54) is 0 Å². The molecule has 4 rings (SSSR count). The Labute approximate surface area is 190 Å². The number of carbonyl (C=O) groups excluding carboxylic acids is 1. The molecule has 1 saturated heterocycles. The van der Waals surface area contributed by atoms with E-state index >= 15 is 0 Å². The van der Waals surface area contributed by atoms with Crippen molar-refractivity contribution in [3.8, 4) is 0 Å². The maximum Gasteiger partial charge on any atom is 0.284 e. The Kier molecular flexibility index (Phi) is 7.34. The first-order valence-corrected chi connectivity index (χ1v) is 10.7. The molecule has 0 radical (unpaired) electrons. The number of halogens is 2. The predicted molar refractivity (Wildman–Crippen MR) is 114 cm³/mol. The van der Waals surface area contributed by atoms with Crippen molar-refractivity contribution in [1.29, 1.82) is 0 Å². The summed E-state index contributed by atoms with van der Waals surface area (Å²) in [5.41, 5.74) is 0.344. The van der Waals surface area contributed by atoms with Crippen molar-refractivity contribution in [3.63, 3.8) is 0 Å². The van der Waals surface area contributed by atoms with Gasteiger partial charge in [0.05, 0.1) is 25.9 Å². The number of carbonyl (C=O) groups is 1. The Balaban J connectivity index is 1.51. The van der Waals surface area contributed by atoms with E-state index in [1.54, 1.807) is 0 Å². The van der Waals surface area contributed by atoms with E-state index in [-0.39, 0.29) is 26.2 Å². The van der Waals surface area contributed by atoms with Crippen LogP contribution in [0.5, 0.6) is 0 Å². The van der Waals surface area contributed by atoms with E-state index in [0.717, 1.165) is 22.2 Å². The van der Waals surface area contributed by atoms with Gasteiger partial charge >= 0.3 is 0 Å². The number of amides is 1. The number of aliphatic hydroxyl groups excluding tert-OH is 1. The van der Waals surface area contributed by atoms with Crippen LogP contribution in [0.2, 0.25) is 0 Å². The monoisotopic (exact) mass is 460 g/mol. The second-order valence-corrected chi connectivity index (χ2v) is 8.04. The van der Waals surface area contributed by atoms with Gasteiger partial charge in [-0.25, -0.2) is 4.39 Å². The summed E-state index contributed by atoms with van der Waals surface area (Å²) in [5.74, 6) is -2.11. The van der Waals surface area contributed by atoms with Crippen molar-refractivity contribution in [2.45, 2.75) is 43.9 Å². The zero-order valence-corrected chi connectivity index (χ0v) is 17.9. The van der Waals surface area contributed by atoms with Crippen LogP contribution in [0.15, 0.2) is 72.7 Å². The lowest BCUT2D eigenvalue weighted by Crippen LogP contribution is -2.54. The van der Waals surface area contributed by atoms with E-state index in [2.05, 4.69) is 5.32 Å². The van der Waals surface area contributed by atoms with Gasteiger partial charge in [-0.05, 0) is 11.1 Å². The molecule has 4 atom stereocenters. The largest absolute Gasteiger partial charge is 0.374 e. The van der Waals surface area contributed by atoms with Crippen LogP contribution < -0.4 is 5.32 Å². The van der Waals surface area contributed by atoms with Crippen LogP contribution in [0.1, 0.15) is 17.5 Å². The minimum absolute atomic E-state index is 0.114. The molecule has 2 heterocycles. The molecular weight excluding hydrogens is 434 g/mol. The smallest absolute Gasteiger partial charge is 0.284 e. The summed E-state index contributed by atoms with van der Waals surface area (Å²) in [4.78, 5) is 12.6. The lowest BCUT2D eigenvalue weighted by Gasteiger charge is -2.36. The summed E-state index contributed by atoms with van der Waals surface area (Å²) < 4.78 is 46.3. The number of aliphatic hydroxyl groups is 1. The molecule has 176 valence electrons. The molecule has 0 bridgehead atoms. The highest BCUT2D eigenvalue weighted by molar-refractivity contribution is 5.91. The molecule has 2 aliphatic heterocycles. The average Bonchev–Trinajstić information content (AvgIpc) is 3.20. The minimum Gasteiger partial charge on any atom is -0.374 e. The van der Waals surface area contributed by atoms with Crippen LogP contribution in [-0.4, -0.2) is 53.5 Å². The number of nitrogens with one attached hydrogen (secondary N) is 1. The molecule has 2 aromatic carbocycles. The van der Waals surface area contributed by atoms with Crippen LogP contribution in [0.4, 0.5) is 8.78 Å². The number of rotatable bonds is 9. The Morgan fingerprint density at radius 1 is 1.09 bits per heavy atom. The van der Waals surface area contributed by atoms with Gasteiger partial charge in [0, 0.05) is 12.6 Å². The lowest BCUT2D eigenvalue weighted by atomic mass is 9.98. The van der Waals surface area contributed by atoms with Crippen LogP contribution in [0.25, 0.3) is 0 Å². The third kappa shape index (κ3) is 5.39. The van der Waals surface area contributed by atoms with E-state index in [1.807, 2.05) is 60.7 Å². The van der Waals surface area contributed by atoms with Crippen LogP contribution >= 0.6 is 0 Å². The topological polar surface area (TPSA) is 80.3 Å². The first-order chi connectivity index (χ1) is 16.0. The molecule has 0 aromatic heterocycles. The van der Waals surface area contributed by atoms with Crippen molar-refractivity contribution in [2.75, 3.05) is 13.3 Å². The second-order valence-electron chi connectivity index (χ2n) is 8.04. The lowest BCUT2D eigenvalue weighted by molar-refractivity contribution is -0.189. The molecule has 1 fully saturated rings. The van der Waals surface area contributed by atoms with Gasteiger partial charge in [-0.2, -0.15) is 4.39 Å². The summed E-state index contributed by atoms with van der Waals surface area (Å²) in [5, 5.41) is 12.3. The third-order valence-corrected chi connectivity index (χ3v) is 5.71. The zero-order chi connectivity index (χ0) is 23.3. The molecule has 0 saturated carbocycles. The minimum atomic E-state index is -1.52. The number of ether oxygens (including phenoxy) is 3. The van der Waals surface area contributed by atoms with Gasteiger partial charge in [0.1, 0.15) is 18.5 Å². The Morgan fingerprint density at radius 2 is 1.73 bits per heavy atom. The van der Waals surface area contributed by atoms with Crippen molar-refractivity contribution < 1.29 is 32.9 Å². The second kappa shape index (κ2) is 10.4. The van der Waals surface area contributed by atoms with E-state index in [4.69, 9.17) is 14.2 Å². The summed E-state index contributed by atoms with van der Waals surface area (Å²) in [6.07, 6.45) is -2.21. The van der Waals surface area contributed by atoms with Crippen LogP contribution in [0, 0.1) is 0 Å². The molecule has 7 nitrogen and oxygen atoms in total. The maximum atomic E-state index is 14.5. The van der Waals surface area contributed by atoms with Crippen molar-refractivity contribution >= 4 is 5.91 Å². The van der Waals surface area contributed by atoms with E-state index in [9.17, 15) is 18.7 Å². The van der Waals surface area contributed by atoms with Gasteiger partial charge in [-0.15, -0.1) is 0 Å². The molecule has 1 unspecified atom stereocenters. The van der Waals surface area contributed by atoms with Crippen molar-refractivity contribution in [3.05, 3.63) is 83.8 Å². The first-order valence-electron chi connectivity index (χ1n) is 10.7. The summed E-state index contributed by atoms with van der Waals surface area (Å²) >= 11 is 0. The third-order valence-electron chi connectivity index (χ3n) is 5.71. The van der Waals surface area contributed by atoms with E-state index < -0.39 is 42.7 Å². The fourth-order valence-electron chi connectivity index (χ4n) is 3.93. The SMILES string of the molecule is O=C1NC(O)N([C@H]2C[C@H](OCc3ccccc3)[C@@](CF)(COCc3ccccc3)O2)C=C1F. The maximum absolute atomic E-state index is 14.5. The quantitative estimate of drug-likeness (QED) is 0.599. The van der Waals surface area contributed by atoms with Crippen molar-refractivity contribution in [1.82, 2.24) is 10.2 Å². The molecule has 2 N–H and O–H groups in total. The Hall–Kier alpha value is -2.85. The zero-order valence-electron chi connectivity index (χ0n) is 17.9. The molecule has 2 aliphatic rings. The van der Waals surface area contributed by atoms with Gasteiger partial charge in [0.15, 0.2) is 0 Å². The van der Waals surface area contributed by atoms with Gasteiger partial charge in [0.25, 0.3) is 5.91 Å². The number of benzene rings is 2. The van der Waals surface area contributed by atoms with Crippen LogP contribution in [0.3, 0.4) is 0 Å². The highest BCUT2D eigenvalue weighted by Crippen LogP contribution is 2.37. The number of nitrogens with zero attached hydrogens (tertiary/aromatic N) is 1. The van der Waals surface area contributed by atoms with Gasteiger partial charge in [-0.3, -0.25) is 4.79 Å². The van der Waals surface area contributed by atoms with Crippen LogP contribution in [-0.2, 0) is 32.2 Å². The standard InChI is InChI=1S/C24H26F2N2O5/c25-15-24(16-31-13-17-7-3-1-4-8-17)20(32-14-18-9-5-2-6-10-18)11-21(33-24)28-12-19(26)22(29)27-23(28)30/h1-10,12,20-21,23,30H,11,13-16H2,(H,27,29)/t20-,21+,23?,24+/m0/s1. The fourth-order valence-corrected chi connectivity index (χ4v) is 3.93. The molecule has 0 aliphatic carbocycles. The fraction of sp³-hybridized carbons (Fsp3) is 0.375. The molecular formula is C24H26F2N2O5. The molecule has 1 amide bonds. The number of alkyl halides is 1. The number of hydrogen-bond donors (Lipinski definition) is 2. The highest BCUT2D eigenvalue weighted by atomic mass is 19.1. The number of hydrogen-bond acceptors (Lipinski definition) is 6. The van der Waals surface area contributed by atoms with Gasteiger partial charge in [-0.1, -0.05) is 60.7 Å². The molecule has 2 aromatic rings. The summed E-state index contributed by atoms with van der Waals surface area (Å²) in [6.45, 7) is -0.568. The Morgan fingerprint density at radius 3 is 2.36 bits per heavy atom. The summed E-state index contributed by atoms with van der Waals surface area (Å²) in [6, 6.07) is 18.8. The van der Waals surface area contributed by atoms with Gasteiger partial charge < -0.3 is 29.5 Å².